The fraction of sp³-hybridized carbons (Fsp3) is 0.0625. The second kappa shape index (κ2) is 5.87. The van der Waals surface area contributed by atoms with Crippen LogP contribution in [0.1, 0.15) is 22.8 Å². The molecule has 96 valence electrons. The van der Waals surface area contributed by atoms with E-state index in [1.54, 1.807) is 48.6 Å². The average Bonchev–Trinajstić information content (AvgIpc) is 2.42. The molecule has 0 amide bonds. The first-order chi connectivity index (χ1) is 9.22. The SMILES string of the molecule is CC=Cc1cccc(C(=O)Oc2ccccc2)c1O. The summed E-state index contributed by atoms with van der Waals surface area (Å²) in [7, 11) is 0. The average molecular weight is 254 g/mol. The molecule has 0 saturated carbocycles. The van der Waals surface area contributed by atoms with Gasteiger partial charge >= 0.3 is 5.97 Å². The second-order valence-corrected chi connectivity index (χ2v) is 3.95. The number of ether oxygens (including phenoxy) is 1. The number of hydrogen-bond acceptors (Lipinski definition) is 3. The molecule has 3 nitrogen and oxygen atoms in total. The molecule has 0 heterocycles. The van der Waals surface area contributed by atoms with Crippen LogP contribution in [0.4, 0.5) is 0 Å². The number of phenolic OH excluding ortho intramolecular Hbond substituents is 1. The van der Waals surface area contributed by atoms with Crippen LogP contribution < -0.4 is 4.74 Å². The van der Waals surface area contributed by atoms with Gasteiger partial charge in [-0.05, 0) is 25.1 Å². The number of phenols is 1. The third-order valence-corrected chi connectivity index (χ3v) is 2.59. The van der Waals surface area contributed by atoms with Gasteiger partial charge in [0.15, 0.2) is 0 Å². The monoisotopic (exact) mass is 254 g/mol. The molecule has 0 radical (unpaired) electrons. The van der Waals surface area contributed by atoms with Crippen molar-refractivity contribution in [3.05, 3.63) is 65.7 Å². The van der Waals surface area contributed by atoms with E-state index in [0.29, 0.717) is 11.3 Å². The van der Waals surface area contributed by atoms with Crippen LogP contribution in [0.2, 0.25) is 0 Å². The van der Waals surface area contributed by atoms with Gasteiger partial charge in [0.05, 0.1) is 0 Å². The molecule has 0 atom stereocenters. The Kier molecular flexibility index (Phi) is 3.98. The summed E-state index contributed by atoms with van der Waals surface area (Å²) in [5.41, 5.74) is 0.740. The molecule has 0 unspecified atom stereocenters. The minimum atomic E-state index is -0.574. The molecule has 2 aromatic rings. The van der Waals surface area contributed by atoms with Crippen molar-refractivity contribution in [1.29, 1.82) is 0 Å². The molecule has 0 aliphatic rings. The Morgan fingerprint density at radius 2 is 1.84 bits per heavy atom. The van der Waals surface area contributed by atoms with Crippen molar-refractivity contribution < 1.29 is 14.6 Å². The van der Waals surface area contributed by atoms with Crippen molar-refractivity contribution in [3.63, 3.8) is 0 Å². The Balaban J connectivity index is 2.27. The lowest BCUT2D eigenvalue weighted by Crippen LogP contribution is -2.09. The predicted molar refractivity (Wildman–Crippen MR) is 74.2 cm³/mol. The maximum atomic E-state index is 12.0. The molecule has 1 N–H and O–H groups in total. The summed E-state index contributed by atoms with van der Waals surface area (Å²) in [5.74, 6) is -0.195. The molecule has 0 spiro atoms. The van der Waals surface area contributed by atoms with Gasteiger partial charge in [-0.25, -0.2) is 4.79 Å². The highest BCUT2D eigenvalue weighted by atomic mass is 16.5. The number of carbonyl (C=O) groups excluding carboxylic acids is 1. The minimum absolute atomic E-state index is 0.0680. The normalized spacial score (nSPS) is 10.6. The number of hydrogen-bond donors (Lipinski definition) is 1. The van der Waals surface area contributed by atoms with Gasteiger partial charge < -0.3 is 9.84 Å². The maximum Gasteiger partial charge on any atom is 0.347 e. The van der Waals surface area contributed by atoms with Crippen LogP contribution in [0.3, 0.4) is 0 Å². The van der Waals surface area contributed by atoms with Crippen molar-refractivity contribution in [3.8, 4) is 11.5 Å². The van der Waals surface area contributed by atoms with Crippen molar-refractivity contribution >= 4 is 12.0 Å². The molecule has 19 heavy (non-hydrogen) atoms. The number of para-hydroxylation sites is 2. The molecule has 2 aromatic carbocycles. The molecule has 0 aromatic heterocycles. The third kappa shape index (κ3) is 3.01. The highest BCUT2D eigenvalue weighted by molar-refractivity contribution is 5.95. The zero-order chi connectivity index (χ0) is 13.7. The summed E-state index contributed by atoms with van der Waals surface area (Å²) >= 11 is 0. The topological polar surface area (TPSA) is 46.5 Å². The van der Waals surface area contributed by atoms with Gasteiger partial charge in [0.2, 0.25) is 0 Å². The van der Waals surface area contributed by atoms with E-state index in [1.807, 2.05) is 13.0 Å². The third-order valence-electron chi connectivity index (χ3n) is 2.59. The minimum Gasteiger partial charge on any atom is -0.506 e. The Hall–Kier alpha value is -2.55. The van der Waals surface area contributed by atoms with Crippen LogP contribution in [0, 0.1) is 0 Å². The summed E-state index contributed by atoms with van der Waals surface area (Å²) in [6.45, 7) is 1.84. The number of esters is 1. The first-order valence-corrected chi connectivity index (χ1v) is 5.94. The Morgan fingerprint density at radius 3 is 2.53 bits per heavy atom. The molecule has 0 bridgehead atoms. The lowest BCUT2D eigenvalue weighted by atomic mass is 10.1. The number of carbonyl (C=O) groups is 1. The largest absolute Gasteiger partial charge is 0.506 e. The smallest absolute Gasteiger partial charge is 0.347 e. The molecular weight excluding hydrogens is 240 g/mol. The first kappa shape index (κ1) is 12.9. The van der Waals surface area contributed by atoms with E-state index in [1.165, 1.54) is 6.07 Å². The van der Waals surface area contributed by atoms with E-state index in [0.717, 1.165) is 0 Å². The van der Waals surface area contributed by atoms with E-state index in [9.17, 15) is 9.90 Å². The van der Waals surface area contributed by atoms with Gasteiger partial charge in [-0.3, -0.25) is 0 Å². The van der Waals surface area contributed by atoms with E-state index in [4.69, 9.17) is 4.74 Å². The number of rotatable bonds is 3. The van der Waals surface area contributed by atoms with Crippen LogP contribution >= 0.6 is 0 Å². The summed E-state index contributed by atoms with van der Waals surface area (Å²) in [4.78, 5) is 12.0. The van der Waals surface area contributed by atoms with Gasteiger partial charge in [-0.2, -0.15) is 0 Å². The van der Waals surface area contributed by atoms with Crippen LogP contribution in [-0.4, -0.2) is 11.1 Å². The lowest BCUT2D eigenvalue weighted by molar-refractivity contribution is 0.0731. The van der Waals surface area contributed by atoms with Gasteiger partial charge in [0.1, 0.15) is 17.1 Å². The van der Waals surface area contributed by atoms with E-state index < -0.39 is 5.97 Å². The summed E-state index contributed by atoms with van der Waals surface area (Å²) in [6, 6.07) is 13.7. The molecular formula is C16H14O3. The van der Waals surface area contributed by atoms with Crippen LogP contribution in [0.5, 0.6) is 11.5 Å². The maximum absolute atomic E-state index is 12.0. The Labute approximate surface area is 111 Å². The molecule has 2 rings (SSSR count). The van der Waals surface area contributed by atoms with Crippen LogP contribution in [0.15, 0.2) is 54.6 Å². The molecule has 0 saturated heterocycles. The number of benzene rings is 2. The van der Waals surface area contributed by atoms with E-state index in [-0.39, 0.29) is 11.3 Å². The summed E-state index contributed by atoms with van der Waals surface area (Å²) < 4.78 is 5.19. The molecule has 0 aliphatic carbocycles. The van der Waals surface area contributed by atoms with Gasteiger partial charge in [0, 0.05) is 5.56 Å². The Morgan fingerprint density at radius 1 is 1.11 bits per heavy atom. The second-order valence-electron chi connectivity index (χ2n) is 3.95. The van der Waals surface area contributed by atoms with E-state index >= 15 is 0 Å². The number of allylic oxidation sites excluding steroid dienone is 1. The van der Waals surface area contributed by atoms with E-state index in [2.05, 4.69) is 0 Å². The fourth-order valence-electron chi connectivity index (χ4n) is 1.69. The predicted octanol–water partition coefficient (Wildman–Crippen LogP) is 3.64. The quantitative estimate of drug-likeness (QED) is 0.671. The molecule has 0 fully saturated rings. The highest BCUT2D eigenvalue weighted by Gasteiger charge is 2.15. The molecule has 3 heteroatoms. The van der Waals surface area contributed by atoms with Crippen molar-refractivity contribution in [2.24, 2.45) is 0 Å². The van der Waals surface area contributed by atoms with Crippen molar-refractivity contribution in [2.45, 2.75) is 6.92 Å². The molecule has 0 aliphatic heterocycles. The lowest BCUT2D eigenvalue weighted by Gasteiger charge is -2.07. The van der Waals surface area contributed by atoms with Crippen LogP contribution in [-0.2, 0) is 0 Å². The number of aromatic hydroxyl groups is 1. The van der Waals surface area contributed by atoms with Crippen molar-refractivity contribution in [1.82, 2.24) is 0 Å². The van der Waals surface area contributed by atoms with Gasteiger partial charge in [-0.15, -0.1) is 0 Å². The van der Waals surface area contributed by atoms with Gasteiger partial charge in [-0.1, -0.05) is 42.5 Å². The van der Waals surface area contributed by atoms with Crippen LogP contribution in [0.25, 0.3) is 6.08 Å². The Bertz CT molecular complexity index is 601. The van der Waals surface area contributed by atoms with Gasteiger partial charge in [0.25, 0.3) is 0 Å². The first-order valence-electron chi connectivity index (χ1n) is 5.94. The summed E-state index contributed by atoms with van der Waals surface area (Å²) in [5, 5.41) is 10.0. The summed E-state index contributed by atoms with van der Waals surface area (Å²) in [6.07, 6.45) is 3.52. The van der Waals surface area contributed by atoms with Crippen molar-refractivity contribution in [2.75, 3.05) is 0 Å². The fourth-order valence-corrected chi connectivity index (χ4v) is 1.69. The zero-order valence-electron chi connectivity index (χ0n) is 10.5. The zero-order valence-corrected chi connectivity index (χ0v) is 10.5. The highest BCUT2D eigenvalue weighted by Crippen LogP contribution is 2.25. The standard InChI is InChI=1S/C16H14O3/c1-2-7-12-8-6-11-14(15(12)17)16(18)19-13-9-4-3-5-10-13/h2-11,17H,1H3.